The van der Waals surface area contributed by atoms with Crippen LogP contribution in [0.25, 0.3) is 0 Å². The summed E-state index contributed by atoms with van der Waals surface area (Å²) in [5.41, 5.74) is 3.07. The van der Waals surface area contributed by atoms with Crippen molar-refractivity contribution in [3.63, 3.8) is 0 Å². The molecule has 0 saturated heterocycles. The summed E-state index contributed by atoms with van der Waals surface area (Å²) < 4.78 is 1.89. The Kier molecular flexibility index (Phi) is 7.08. The number of nitrogens with zero attached hydrogens (tertiary/aromatic N) is 2. The number of aromatic nitrogens is 2. The smallest absolute Gasteiger partial charge is 0.234 e. The first-order valence-corrected chi connectivity index (χ1v) is 11.3. The Labute approximate surface area is 180 Å². The minimum absolute atomic E-state index is 0.0600. The molecule has 0 unspecified atom stereocenters. The largest absolute Gasteiger partial charge is 0.330 e. The minimum atomic E-state index is -0.0600. The molecule has 0 aliphatic carbocycles. The fourth-order valence-electron chi connectivity index (χ4n) is 2.25. The highest BCUT2D eigenvalue weighted by molar-refractivity contribution is 14.1. The Morgan fingerprint density at radius 3 is 2.41 bits per heavy atom. The molecule has 0 spiro atoms. The van der Waals surface area contributed by atoms with Crippen molar-refractivity contribution >= 4 is 68.1 Å². The number of rotatable bonds is 7. The van der Waals surface area contributed by atoms with Crippen molar-refractivity contribution in [2.75, 3.05) is 16.4 Å². The lowest BCUT2D eigenvalue weighted by molar-refractivity contribution is -0.113. The van der Waals surface area contributed by atoms with Gasteiger partial charge < -0.3 is 10.6 Å². The van der Waals surface area contributed by atoms with Gasteiger partial charge in [-0.1, -0.05) is 49.1 Å². The fourth-order valence-corrected chi connectivity index (χ4v) is 4.18. The van der Waals surface area contributed by atoms with Gasteiger partial charge in [-0.15, -0.1) is 10.2 Å². The molecule has 3 aromatic rings. The van der Waals surface area contributed by atoms with Crippen LogP contribution in [0, 0.1) is 3.57 Å². The van der Waals surface area contributed by atoms with Gasteiger partial charge in [0.25, 0.3) is 0 Å². The molecule has 1 aromatic heterocycles. The highest BCUT2D eigenvalue weighted by atomic mass is 127. The van der Waals surface area contributed by atoms with Crippen LogP contribution in [0.15, 0.2) is 52.9 Å². The normalized spacial score (nSPS) is 10.8. The molecule has 2 aromatic carbocycles. The van der Waals surface area contributed by atoms with E-state index in [-0.39, 0.29) is 5.91 Å². The minimum Gasteiger partial charge on any atom is -0.330 e. The van der Waals surface area contributed by atoms with E-state index in [1.54, 1.807) is 0 Å². The lowest BCUT2D eigenvalue weighted by atomic mass is 10.0. The summed E-state index contributed by atoms with van der Waals surface area (Å²) in [4.78, 5) is 12.1. The first-order chi connectivity index (χ1) is 13.0. The van der Waals surface area contributed by atoms with Gasteiger partial charge >= 0.3 is 0 Å². The van der Waals surface area contributed by atoms with Crippen molar-refractivity contribution in [1.29, 1.82) is 0 Å². The maximum atomic E-state index is 12.1. The molecule has 0 aliphatic rings. The van der Waals surface area contributed by atoms with Crippen molar-refractivity contribution in [3.8, 4) is 0 Å². The molecule has 140 valence electrons. The van der Waals surface area contributed by atoms with E-state index in [9.17, 15) is 4.79 Å². The maximum Gasteiger partial charge on any atom is 0.234 e. The van der Waals surface area contributed by atoms with Gasteiger partial charge in [0.15, 0.2) is 4.34 Å². The Balaban J connectivity index is 1.50. The monoisotopic (exact) mass is 510 g/mol. The maximum absolute atomic E-state index is 12.1. The number of thioether (sulfide) groups is 1. The molecule has 0 aliphatic heterocycles. The highest BCUT2D eigenvalue weighted by Crippen LogP contribution is 2.28. The molecular formula is C19H19IN4OS2. The third kappa shape index (κ3) is 6.18. The Morgan fingerprint density at radius 2 is 1.74 bits per heavy atom. The SMILES string of the molecule is CC(C)c1ccc(Nc2nnc(SCC(=O)Nc3ccc(I)cc3)s2)cc1. The number of anilines is 3. The Hall–Kier alpha value is -1.65. The van der Waals surface area contributed by atoms with Crippen molar-refractivity contribution in [2.24, 2.45) is 0 Å². The van der Waals surface area contributed by atoms with Gasteiger partial charge in [-0.2, -0.15) is 0 Å². The number of nitrogens with one attached hydrogen (secondary N) is 2. The zero-order chi connectivity index (χ0) is 19.2. The zero-order valence-corrected chi connectivity index (χ0v) is 18.7. The molecule has 0 radical (unpaired) electrons. The molecule has 3 rings (SSSR count). The third-order valence-electron chi connectivity index (χ3n) is 3.69. The van der Waals surface area contributed by atoms with Gasteiger partial charge in [-0.05, 0) is 70.5 Å². The van der Waals surface area contributed by atoms with Crippen LogP contribution in [-0.2, 0) is 4.79 Å². The average Bonchev–Trinajstić information content (AvgIpc) is 3.10. The number of hydrogen-bond acceptors (Lipinski definition) is 6. The number of halogens is 1. The summed E-state index contributed by atoms with van der Waals surface area (Å²) in [6.45, 7) is 4.34. The molecule has 27 heavy (non-hydrogen) atoms. The highest BCUT2D eigenvalue weighted by Gasteiger charge is 2.09. The molecule has 0 bridgehead atoms. The van der Waals surface area contributed by atoms with Gasteiger partial charge in [-0.3, -0.25) is 4.79 Å². The topological polar surface area (TPSA) is 66.9 Å². The predicted molar refractivity (Wildman–Crippen MR) is 122 cm³/mol. The number of carbonyl (C=O) groups is 1. The number of amides is 1. The summed E-state index contributed by atoms with van der Waals surface area (Å²) >= 11 is 5.05. The molecular weight excluding hydrogens is 491 g/mol. The van der Waals surface area contributed by atoms with Gasteiger partial charge in [0, 0.05) is 14.9 Å². The lowest BCUT2D eigenvalue weighted by Gasteiger charge is -2.06. The molecule has 1 amide bonds. The van der Waals surface area contributed by atoms with Crippen molar-refractivity contribution in [2.45, 2.75) is 24.1 Å². The Morgan fingerprint density at radius 1 is 1.07 bits per heavy atom. The summed E-state index contributed by atoms with van der Waals surface area (Å²) in [6, 6.07) is 16.0. The van der Waals surface area contributed by atoms with Crippen LogP contribution < -0.4 is 10.6 Å². The van der Waals surface area contributed by atoms with E-state index in [2.05, 4.69) is 69.4 Å². The second-order valence-corrected chi connectivity index (χ2v) is 9.56. The van der Waals surface area contributed by atoms with Gasteiger partial charge in [0.2, 0.25) is 11.0 Å². The lowest BCUT2D eigenvalue weighted by Crippen LogP contribution is -2.13. The van der Waals surface area contributed by atoms with Crippen LogP contribution in [0.4, 0.5) is 16.5 Å². The number of carbonyl (C=O) groups excluding carboxylic acids is 1. The number of hydrogen-bond donors (Lipinski definition) is 2. The molecule has 8 heteroatoms. The summed E-state index contributed by atoms with van der Waals surface area (Å²) in [5, 5.41) is 15.1. The summed E-state index contributed by atoms with van der Waals surface area (Å²) in [7, 11) is 0. The van der Waals surface area contributed by atoms with E-state index in [0.717, 1.165) is 19.3 Å². The molecule has 0 fully saturated rings. The fraction of sp³-hybridized carbons (Fsp3) is 0.211. The molecule has 0 saturated carbocycles. The zero-order valence-electron chi connectivity index (χ0n) is 14.9. The quantitative estimate of drug-likeness (QED) is 0.314. The Bertz CT molecular complexity index is 895. The van der Waals surface area contributed by atoms with Crippen molar-refractivity contribution < 1.29 is 4.79 Å². The number of benzene rings is 2. The first kappa shape index (κ1) is 20.1. The summed E-state index contributed by atoms with van der Waals surface area (Å²) in [5.74, 6) is 0.744. The van der Waals surface area contributed by atoms with Crippen LogP contribution >= 0.6 is 45.7 Å². The van der Waals surface area contributed by atoms with E-state index in [1.807, 2.05) is 36.4 Å². The van der Waals surface area contributed by atoms with E-state index in [1.165, 1.54) is 28.7 Å². The van der Waals surface area contributed by atoms with Crippen molar-refractivity contribution in [1.82, 2.24) is 10.2 Å². The molecule has 2 N–H and O–H groups in total. The van der Waals surface area contributed by atoms with Gasteiger partial charge in [0.05, 0.1) is 5.75 Å². The van der Waals surface area contributed by atoms with Crippen LogP contribution in [-0.4, -0.2) is 21.9 Å². The first-order valence-electron chi connectivity index (χ1n) is 8.38. The second-order valence-electron chi connectivity index (χ2n) is 6.12. The van der Waals surface area contributed by atoms with E-state index in [0.29, 0.717) is 16.8 Å². The van der Waals surface area contributed by atoms with E-state index < -0.39 is 0 Å². The standard InChI is InChI=1S/C19H19IN4OS2/c1-12(2)13-3-7-16(8-4-13)22-18-23-24-19(27-18)26-11-17(25)21-15-9-5-14(20)6-10-15/h3-10,12H,11H2,1-2H3,(H,21,25)(H,22,23). The van der Waals surface area contributed by atoms with Crippen LogP contribution in [0.3, 0.4) is 0 Å². The second kappa shape index (κ2) is 9.52. The molecule has 5 nitrogen and oxygen atoms in total. The van der Waals surface area contributed by atoms with E-state index in [4.69, 9.17) is 0 Å². The predicted octanol–water partition coefficient (Wildman–Crippen LogP) is 5.74. The van der Waals surface area contributed by atoms with Gasteiger partial charge in [0.1, 0.15) is 0 Å². The van der Waals surface area contributed by atoms with E-state index >= 15 is 0 Å². The van der Waals surface area contributed by atoms with Crippen LogP contribution in [0.2, 0.25) is 0 Å². The average molecular weight is 510 g/mol. The van der Waals surface area contributed by atoms with Crippen LogP contribution in [0.5, 0.6) is 0 Å². The third-order valence-corrected chi connectivity index (χ3v) is 6.38. The van der Waals surface area contributed by atoms with Gasteiger partial charge in [-0.25, -0.2) is 0 Å². The molecule has 1 heterocycles. The van der Waals surface area contributed by atoms with Crippen molar-refractivity contribution in [3.05, 3.63) is 57.7 Å². The molecule has 0 atom stereocenters. The summed E-state index contributed by atoms with van der Waals surface area (Å²) in [6.07, 6.45) is 0. The van der Waals surface area contributed by atoms with Crippen LogP contribution in [0.1, 0.15) is 25.3 Å².